The highest BCUT2D eigenvalue weighted by Crippen LogP contribution is 2.20. The molecule has 3 rings (SSSR count). The number of aromatic amines is 1. The van der Waals surface area contributed by atoms with Gasteiger partial charge in [0.2, 0.25) is 5.91 Å². The number of likely N-dealkylation sites (tertiary alicyclic amines) is 1. The summed E-state index contributed by atoms with van der Waals surface area (Å²) in [5.41, 5.74) is 1.55. The van der Waals surface area contributed by atoms with Crippen LogP contribution >= 0.6 is 0 Å². The molecular weight excluding hydrogens is 270 g/mol. The van der Waals surface area contributed by atoms with E-state index < -0.39 is 12.0 Å². The lowest BCUT2D eigenvalue weighted by Gasteiger charge is -2.32. The minimum absolute atomic E-state index is 0.156. The minimum atomic E-state index is -0.919. The maximum Gasteiger partial charge on any atom is 0.326 e. The van der Waals surface area contributed by atoms with E-state index in [1.165, 1.54) is 4.90 Å². The van der Waals surface area contributed by atoms with Crippen molar-refractivity contribution in [3.05, 3.63) is 30.0 Å². The third kappa shape index (κ3) is 2.61. The minimum Gasteiger partial charge on any atom is -0.480 e. The summed E-state index contributed by atoms with van der Waals surface area (Å²) >= 11 is 0. The molecule has 1 atom stereocenters. The van der Waals surface area contributed by atoms with Crippen LogP contribution in [0.25, 0.3) is 10.9 Å². The summed E-state index contributed by atoms with van der Waals surface area (Å²) in [6.45, 7) is 0.516. The number of piperidine rings is 1. The lowest BCUT2D eigenvalue weighted by atomic mass is 10.0. The van der Waals surface area contributed by atoms with E-state index >= 15 is 0 Å². The normalized spacial score (nSPS) is 18.9. The Kier molecular flexibility index (Phi) is 3.60. The molecule has 110 valence electrons. The van der Waals surface area contributed by atoms with Crippen LogP contribution < -0.4 is 0 Å². The first-order valence-electron chi connectivity index (χ1n) is 7.11. The summed E-state index contributed by atoms with van der Waals surface area (Å²) in [5.74, 6) is -1.07. The molecule has 0 spiro atoms. The monoisotopic (exact) mass is 287 g/mol. The van der Waals surface area contributed by atoms with Gasteiger partial charge < -0.3 is 10.0 Å². The van der Waals surface area contributed by atoms with E-state index in [4.69, 9.17) is 0 Å². The molecular formula is C15H17N3O3. The van der Waals surface area contributed by atoms with Gasteiger partial charge in [0.15, 0.2) is 0 Å². The van der Waals surface area contributed by atoms with Crippen LogP contribution in [0.1, 0.15) is 25.0 Å². The number of rotatable bonds is 3. The molecule has 1 saturated heterocycles. The Morgan fingerprint density at radius 3 is 2.95 bits per heavy atom. The number of fused-ring (bicyclic) bond motifs is 1. The van der Waals surface area contributed by atoms with Gasteiger partial charge in [-0.3, -0.25) is 9.89 Å². The van der Waals surface area contributed by atoms with Crippen molar-refractivity contribution in [2.75, 3.05) is 6.54 Å². The lowest BCUT2D eigenvalue weighted by Crippen LogP contribution is -2.48. The number of benzene rings is 1. The Balaban J connectivity index is 1.80. The summed E-state index contributed by atoms with van der Waals surface area (Å²) in [6.07, 6.45) is 2.40. The average Bonchev–Trinajstić information content (AvgIpc) is 2.90. The number of aliphatic carboxylic acids is 1. The largest absolute Gasteiger partial charge is 0.480 e. The first kappa shape index (κ1) is 13.6. The zero-order valence-electron chi connectivity index (χ0n) is 11.6. The maximum atomic E-state index is 12.4. The van der Waals surface area contributed by atoms with E-state index in [0.29, 0.717) is 13.0 Å². The molecule has 1 aliphatic heterocycles. The summed E-state index contributed by atoms with van der Waals surface area (Å²) in [4.78, 5) is 25.2. The third-order valence-electron chi connectivity index (χ3n) is 3.98. The van der Waals surface area contributed by atoms with Crippen LogP contribution in [0.5, 0.6) is 0 Å². The number of carboxylic acid groups (broad SMARTS) is 1. The molecule has 1 aromatic carbocycles. The van der Waals surface area contributed by atoms with Crippen molar-refractivity contribution in [1.82, 2.24) is 15.1 Å². The molecule has 0 saturated carbocycles. The van der Waals surface area contributed by atoms with Crippen LogP contribution in [0.3, 0.4) is 0 Å². The number of amides is 1. The molecule has 0 bridgehead atoms. The van der Waals surface area contributed by atoms with E-state index in [2.05, 4.69) is 10.2 Å². The van der Waals surface area contributed by atoms with E-state index in [1.54, 1.807) is 0 Å². The number of nitrogens with zero attached hydrogens (tertiary/aromatic N) is 2. The van der Waals surface area contributed by atoms with Crippen LogP contribution in [0.4, 0.5) is 0 Å². The Labute approximate surface area is 121 Å². The molecule has 1 aromatic heterocycles. The summed E-state index contributed by atoms with van der Waals surface area (Å²) in [5, 5.41) is 17.2. The SMILES string of the molecule is O=C(O)[C@@H]1CCCCN1C(=O)Cc1[nH]nc2ccccc12. The van der Waals surface area contributed by atoms with Crippen molar-refractivity contribution in [3.63, 3.8) is 0 Å². The second-order valence-electron chi connectivity index (χ2n) is 5.33. The van der Waals surface area contributed by atoms with Crippen LogP contribution in [-0.4, -0.2) is 44.7 Å². The molecule has 1 fully saturated rings. The molecule has 2 N–H and O–H groups in total. The average molecular weight is 287 g/mol. The first-order chi connectivity index (χ1) is 10.2. The van der Waals surface area contributed by atoms with Crippen molar-refractivity contribution < 1.29 is 14.7 Å². The Bertz CT molecular complexity index is 680. The summed E-state index contributed by atoms with van der Waals surface area (Å²) in [6, 6.07) is 6.88. The van der Waals surface area contributed by atoms with Crippen LogP contribution in [0.15, 0.2) is 24.3 Å². The number of nitrogens with one attached hydrogen (secondary N) is 1. The van der Waals surface area contributed by atoms with Crippen molar-refractivity contribution in [3.8, 4) is 0 Å². The summed E-state index contributed by atoms with van der Waals surface area (Å²) < 4.78 is 0. The quantitative estimate of drug-likeness (QED) is 0.897. The van der Waals surface area contributed by atoms with Gasteiger partial charge >= 0.3 is 5.97 Å². The highest BCUT2D eigenvalue weighted by atomic mass is 16.4. The Morgan fingerprint density at radius 1 is 1.33 bits per heavy atom. The van der Waals surface area contributed by atoms with Gasteiger partial charge in [0.05, 0.1) is 17.6 Å². The predicted molar refractivity (Wildman–Crippen MR) is 76.8 cm³/mol. The second-order valence-corrected chi connectivity index (χ2v) is 5.33. The van der Waals surface area contributed by atoms with Gasteiger partial charge in [0.1, 0.15) is 6.04 Å². The second kappa shape index (κ2) is 5.55. The standard InChI is InChI=1S/C15H17N3O3/c19-14(18-8-4-3-7-13(18)15(20)21)9-12-10-5-1-2-6-11(10)16-17-12/h1-2,5-6,13H,3-4,7-9H2,(H,16,17)(H,20,21)/t13-/m0/s1. The van der Waals surface area contributed by atoms with Crippen molar-refractivity contribution >= 4 is 22.8 Å². The number of carboxylic acids is 1. The number of carbonyl (C=O) groups is 2. The number of aromatic nitrogens is 2. The van der Waals surface area contributed by atoms with Crippen LogP contribution in [0, 0.1) is 0 Å². The highest BCUT2D eigenvalue weighted by Gasteiger charge is 2.32. The molecule has 2 heterocycles. The zero-order valence-corrected chi connectivity index (χ0v) is 11.6. The number of hydrogen-bond donors (Lipinski definition) is 2. The third-order valence-corrected chi connectivity index (χ3v) is 3.98. The smallest absolute Gasteiger partial charge is 0.326 e. The van der Waals surface area contributed by atoms with Gasteiger partial charge in [-0.2, -0.15) is 5.10 Å². The van der Waals surface area contributed by atoms with Crippen molar-refractivity contribution in [2.24, 2.45) is 0 Å². The van der Waals surface area contributed by atoms with E-state index in [-0.39, 0.29) is 12.3 Å². The molecule has 1 amide bonds. The number of carbonyl (C=O) groups excluding carboxylic acids is 1. The van der Waals surface area contributed by atoms with Gasteiger partial charge in [0.25, 0.3) is 0 Å². The van der Waals surface area contributed by atoms with Crippen molar-refractivity contribution in [1.29, 1.82) is 0 Å². The summed E-state index contributed by atoms with van der Waals surface area (Å²) in [7, 11) is 0. The molecule has 6 heteroatoms. The number of para-hydroxylation sites is 1. The van der Waals surface area contributed by atoms with E-state index in [1.807, 2.05) is 24.3 Å². The molecule has 0 aliphatic carbocycles. The van der Waals surface area contributed by atoms with Gasteiger partial charge in [-0.1, -0.05) is 18.2 Å². The van der Waals surface area contributed by atoms with Gasteiger partial charge in [-0.25, -0.2) is 4.79 Å². The molecule has 6 nitrogen and oxygen atoms in total. The molecule has 21 heavy (non-hydrogen) atoms. The van der Waals surface area contributed by atoms with Gasteiger partial charge in [-0.05, 0) is 25.3 Å². The topological polar surface area (TPSA) is 86.3 Å². The molecule has 0 unspecified atom stereocenters. The Morgan fingerprint density at radius 2 is 2.14 bits per heavy atom. The first-order valence-corrected chi connectivity index (χ1v) is 7.11. The van der Waals surface area contributed by atoms with Gasteiger partial charge in [0, 0.05) is 11.9 Å². The Hall–Kier alpha value is -2.37. The fraction of sp³-hybridized carbons (Fsp3) is 0.400. The van der Waals surface area contributed by atoms with Gasteiger partial charge in [-0.15, -0.1) is 0 Å². The fourth-order valence-electron chi connectivity index (χ4n) is 2.89. The fourth-order valence-corrected chi connectivity index (χ4v) is 2.89. The maximum absolute atomic E-state index is 12.4. The molecule has 2 aromatic rings. The lowest BCUT2D eigenvalue weighted by molar-refractivity contribution is -0.151. The van der Waals surface area contributed by atoms with Crippen LogP contribution in [0.2, 0.25) is 0 Å². The predicted octanol–water partition coefficient (Wildman–Crippen LogP) is 1.57. The van der Waals surface area contributed by atoms with Crippen LogP contribution in [-0.2, 0) is 16.0 Å². The van der Waals surface area contributed by atoms with E-state index in [0.717, 1.165) is 29.4 Å². The number of H-pyrrole nitrogens is 1. The highest BCUT2D eigenvalue weighted by molar-refractivity contribution is 5.89. The zero-order chi connectivity index (χ0) is 14.8. The number of hydrogen-bond acceptors (Lipinski definition) is 3. The van der Waals surface area contributed by atoms with E-state index in [9.17, 15) is 14.7 Å². The van der Waals surface area contributed by atoms with Crippen molar-refractivity contribution in [2.45, 2.75) is 31.7 Å². The molecule has 0 radical (unpaired) electrons. The molecule has 1 aliphatic rings.